The lowest BCUT2D eigenvalue weighted by Gasteiger charge is -2.13. The molecule has 2 rings (SSSR count). The van der Waals surface area contributed by atoms with Crippen molar-refractivity contribution in [1.29, 1.82) is 0 Å². The van der Waals surface area contributed by atoms with Gasteiger partial charge in [0.25, 0.3) is 0 Å². The molecule has 2 N–H and O–H groups in total. The molecule has 0 aliphatic carbocycles. The van der Waals surface area contributed by atoms with Crippen molar-refractivity contribution in [2.24, 2.45) is 4.99 Å². The Morgan fingerprint density at radius 1 is 0.963 bits per heavy atom. The molecule has 146 valence electrons. The first-order valence-electron chi connectivity index (χ1n) is 8.58. The zero-order chi connectivity index (χ0) is 19.7. The van der Waals surface area contributed by atoms with Gasteiger partial charge in [-0.25, -0.2) is 0 Å². The van der Waals surface area contributed by atoms with Crippen molar-refractivity contribution in [3.05, 3.63) is 70.8 Å². The highest BCUT2D eigenvalue weighted by molar-refractivity contribution is 5.79. The van der Waals surface area contributed by atoms with Gasteiger partial charge in [0, 0.05) is 20.1 Å². The number of hydrogen-bond donors (Lipinski definition) is 2. The molecule has 0 amide bonds. The van der Waals surface area contributed by atoms with Crippen molar-refractivity contribution in [2.45, 2.75) is 32.8 Å². The van der Waals surface area contributed by atoms with E-state index in [1.54, 1.807) is 19.2 Å². The average molecular weight is 379 g/mol. The van der Waals surface area contributed by atoms with Gasteiger partial charge in [0.1, 0.15) is 6.61 Å². The summed E-state index contributed by atoms with van der Waals surface area (Å²) >= 11 is 0. The molecule has 0 saturated heterocycles. The fraction of sp³-hybridized carbons (Fsp3) is 0.350. The number of ether oxygens (including phenoxy) is 1. The second-order valence-electron chi connectivity index (χ2n) is 6.19. The number of nitrogens with one attached hydrogen (secondary N) is 2. The lowest BCUT2D eigenvalue weighted by Crippen LogP contribution is -2.36. The maximum atomic E-state index is 12.1. The van der Waals surface area contributed by atoms with E-state index >= 15 is 0 Å². The van der Waals surface area contributed by atoms with E-state index in [2.05, 4.69) is 26.4 Å². The van der Waals surface area contributed by atoms with Gasteiger partial charge in [-0.05, 0) is 23.6 Å². The molecule has 0 radical (unpaired) electrons. The van der Waals surface area contributed by atoms with E-state index in [1.807, 2.05) is 37.3 Å². The molecule has 0 unspecified atom stereocenters. The quantitative estimate of drug-likeness (QED) is 0.566. The maximum absolute atomic E-state index is 12.1. The third-order valence-corrected chi connectivity index (χ3v) is 3.78. The summed E-state index contributed by atoms with van der Waals surface area (Å²) in [5.41, 5.74) is 4.07. The van der Waals surface area contributed by atoms with Crippen LogP contribution in [0.25, 0.3) is 0 Å². The van der Waals surface area contributed by atoms with Crippen molar-refractivity contribution in [3.8, 4) is 0 Å². The number of hydrogen-bond acceptors (Lipinski definition) is 2. The normalized spacial score (nSPS) is 12.1. The van der Waals surface area contributed by atoms with E-state index in [4.69, 9.17) is 0 Å². The minimum absolute atomic E-state index is 0.0626. The highest BCUT2D eigenvalue weighted by atomic mass is 19.4. The second-order valence-corrected chi connectivity index (χ2v) is 6.19. The molecule has 0 aromatic heterocycles. The topological polar surface area (TPSA) is 45.7 Å². The van der Waals surface area contributed by atoms with E-state index in [1.165, 1.54) is 11.1 Å². The van der Waals surface area contributed by atoms with Gasteiger partial charge in [-0.3, -0.25) is 4.99 Å². The molecule has 0 fully saturated rings. The van der Waals surface area contributed by atoms with Crippen LogP contribution in [0.3, 0.4) is 0 Å². The van der Waals surface area contributed by atoms with Crippen LogP contribution in [-0.2, 0) is 24.4 Å². The SMILES string of the molecule is CN=C(NCc1ccc(COCC(F)(F)F)cc1)NCc1cccc(C)c1. The van der Waals surface area contributed by atoms with Crippen LogP contribution in [0.15, 0.2) is 53.5 Å². The first-order chi connectivity index (χ1) is 12.9. The molecule has 2 aromatic carbocycles. The van der Waals surface area contributed by atoms with Crippen molar-refractivity contribution in [1.82, 2.24) is 10.6 Å². The minimum Gasteiger partial charge on any atom is -0.367 e. The summed E-state index contributed by atoms with van der Waals surface area (Å²) in [5, 5.41) is 6.46. The number of aryl methyl sites for hydroxylation is 1. The van der Waals surface area contributed by atoms with Gasteiger partial charge in [-0.1, -0.05) is 54.1 Å². The van der Waals surface area contributed by atoms with Gasteiger partial charge in [0.15, 0.2) is 5.96 Å². The zero-order valence-corrected chi connectivity index (χ0v) is 15.4. The molecule has 0 spiro atoms. The molecule has 0 aliphatic heterocycles. The molecular formula is C20H24F3N3O. The Kier molecular flexibility index (Phi) is 7.67. The Bertz CT molecular complexity index is 743. The first kappa shape index (κ1) is 20.8. The van der Waals surface area contributed by atoms with Crippen LogP contribution in [0.4, 0.5) is 13.2 Å². The summed E-state index contributed by atoms with van der Waals surface area (Å²) in [4.78, 5) is 4.19. The number of guanidine groups is 1. The number of benzene rings is 2. The number of alkyl halides is 3. The van der Waals surface area contributed by atoms with Gasteiger partial charge in [-0.2, -0.15) is 13.2 Å². The van der Waals surface area contributed by atoms with Crippen LogP contribution in [0.5, 0.6) is 0 Å². The molecule has 0 aliphatic rings. The highest BCUT2D eigenvalue weighted by Crippen LogP contribution is 2.15. The molecule has 0 heterocycles. The fourth-order valence-electron chi connectivity index (χ4n) is 2.45. The van der Waals surface area contributed by atoms with E-state index < -0.39 is 12.8 Å². The van der Waals surface area contributed by atoms with Crippen LogP contribution < -0.4 is 10.6 Å². The Morgan fingerprint density at radius 2 is 1.59 bits per heavy atom. The van der Waals surface area contributed by atoms with Gasteiger partial charge < -0.3 is 15.4 Å². The Balaban J connectivity index is 1.77. The number of nitrogens with zero attached hydrogens (tertiary/aromatic N) is 1. The first-order valence-corrected chi connectivity index (χ1v) is 8.58. The monoisotopic (exact) mass is 379 g/mol. The molecule has 7 heteroatoms. The third kappa shape index (κ3) is 8.13. The van der Waals surface area contributed by atoms with Crippen LogP contribution >= 0.6 is 0 Å². The van der Waals surface area contributed by atoms with Crippen LogP contribution in [0.2, 0.25) is 0 Å². The lowest BCUT2D eigenvalue weighted by molar-refractivity contribution is -0.176. The summed E-state index contributed by atoms with van der Waals surface area (Å²) in [7, 11) is 1.70. The molecule has 0 saturated carbocycles. The average Bonchev–Trinajstić information content (AvgIpc) is 2.62. The number of halogens is 3. The highest BCUT2D eigenvalue weighted by Gasteiger charge is 2.27. The summed E-state index contributed by atoms with van der Waals surface area (Å²) in [5.74, 6) is 0.675. The van der Waals surface area contributed by atoms with E-state index in [-0.39, 0.29) is 6.61 Å². The van der Waals surface area contributed by atoms with Crippen molar-refractivity contribution >= 4 is 5.96 Å². The molecule has 0 bridgehead atoms. The van der Waals surface area contributed by atoms with Crippen molar-refractivity contribution < 1.29 is 17.9 Å². The van der Waals surface area contributed by atoms with Gasteiger partial charge in [0.2, 0.25) is 0 Å². The Hall–Kier alpha value is -2.54. The van der Waals surface area contributed by atoms with Crippen molar-refractivity contribution in [2.75, 3.05) is 13.7 Å². The van der Waals surface area contributed by atoms with Crippen molar-refractivity contribution in [3.63, 3.8) is 0 Å². The molecular weight excluding hydrogens is 355 g/mol. The smallest absolute Gasteiger partial charge is 0.367 e. The van der Waals surface area contributed by atoms with E-state index in [0.717, 1.165) is 5.56 Å². The van der Waals surface area contributed by atoms with Gasteiger partial charge in [0.05, 0.1) is 6.61 Å². The predicted octanol–water partition coefficient (Wildman–Crippen LogP) is 3.94. The summed E-state index contributed by atoms with van der Waals surface area (Å²) in [6.45, 7) is 1.97. The minimum atomic E-state index is -4.30. The van der Waals surface area contributed by atoms with E-state index in [0.29, 0.717) is 24.6 Å². The lowest BCUT2D eigenvalue weighted by atomic mass is 10.1. The standard InChI is InChI=1S/C20H24F3N3O/c1-15-4-3-5-18(10-15)12-26-19(24-2)25-11-16-6-8-17(9-7-16)13-27-14-20(21,22)23/h3-10H,11-14H2,1-2H3,(H2,24,25,26). The van der Waals surface area contributed by atoms with Gasteiger partial charge in [-0.15, -0.1) is 0 Å². The second kappa shape index (κ2) is 9.97. The maximum Gasteiger partial charge on any atom is 0.411 e. The zero-order valence-electron chi connectivity index (χ0n) is 15.4. The Labute approximate surface area is 157 Å². The largest absolute Gasteiger partial charge is 0.411 e. The summed E-state index contributed by atoms with van der Waals surface area (Å²) < 4.78 is 40.9. The molecule has 27 heavy (non-hydrogen) atoms. The number of aliphatic imine (C=N–C) groups is 1. The molecule has 4 nitrogen and oxygen atoms in total. The fourth-order valence-corrected chi connectivity index (χ4v) is 2.45. The van der Waals surface area contributed by atoms with Crippen LogP contribution in [0.1, 0.15) is 22.3 Å². The van der Waals surface area contributed by atoms with Crippen LogP contribution in [-0.4, -0.2) is 25.8 Å². The summed E-state index contributed by atoms with van der Waals surface area (Å²) in [6.07, 6.45) is -4.30. The van der Waals surface area contributed by atoms with Crippen LogP contribution in [0, 0.1) is 6.92 Å². The molecule has 2 aromatic rings. The molecule has 0 atom stereocenters. The van der Waals surface area contributed by atoms with E-state index in [9.17, 15) is 13.2 Å². The number of rotatable bonds is 7. The third-order valence-electron chi connectivity index (χ3n) is 3.78. The summed E-state index contributed by atoms with van der Waals surface area (Å²) in [6, 6.07) is 15.5. The Morgan fingerprint density at radius 3 is 2.19 bits per heavy atom. The van der Waals surface area contributed by atoms with Gasteiger partial charge >= 0.3 is 6.18 Å². The predicted molar refractivity (Wildman–Crippen MR) is 100 cm³/mol.